The predicted octanol–water partition coefficient (Wildman–Crippen LogP) is 4.26. The van der Waals surface area contributed by atoms with Crippen LogP contribution in [0.15, 0.2) is 85.2 Å². The van der Waals surface area contributed by atoms with Crippen molar-refractivity contribution in [1.82, 2.24) is 14.9 Å². The van der Waals surface area contributed by atoms with E-state index in [0.717, 1.165) is 17.5 Å². The number of aliphatic hydroxyl groups excluding tert-OH is 1. The van der Waals surface area contributed by atoms with Crippen LogP contribution in [0.1, 0.15) is 28.6 Å². The van der Waals surface area contributed by atoms with Crippen LogP contribution in [0.3, 0.4) is 0 Å². The molecule has 186 valence electrons. The number of benzene rings is 3. The molecule has 0 unspecified atom stereocenters. The monoisotopic (exact) mass is 490 g/mol. The van der Waals surface area contributed by atoms with E-state index in [9.17, 15) is 18.7 Å². The summed E-state index contributed by atoms with van der Waals surface area (Å²) < 4.78 is 29.5. The summed E-state index contributed by atoms with van der Waals surface area (Å²) in [7, 11) is 0. The minimum absolute atomic E-state index is 0.0293. The molecule has 6 nitrogen and oxygen atoms in total. The Kier molecular flexibility index (Phi) is 8.54. The van der Waals surface area contributed by atoms with Gasteiger partial charge in [0.15, 0.2) is 0 Å². The molecule has 0 spiro atoms. The first-order valence-corrected chi connectivity index (χ1v) is 11.7. The molecule has 1 amide bonds. The molecule has 1 heterocycles. The maximum Gasteiger partial charge on any atom is 0.231 e. The molecule has 0 aliphatic carbocycles. The smallest absolute Gasteiger partial charge is 0.231 e. The van der Waals surface area contributed by atoms with Crippen LogP contribution in [0.5, 0.6) is 0 Å². The number of hydrogen-bond acceptors (Lipinski definition) is 4. The number of carbonyl (C=O) groups is 1. The molecule has 3 N–H and O–H groups in total. The maximum absolute atomic E-state index is 14.0. The van der Waals surface area contributed by atoms with Crippen LogP contribution >= 0.6 is 0 Å². The van der Waals surface area contributed by atoms with Crippen LogP contribution in [0, 0.1) is 11.6 Å². The number of nitrogens with zero attached hydrogens (tertiary/aromatic N) is 2. The highest BCUT2D eigenvalue weighted by molar-refractivity contribution is 5.91. The Bertz CT molecular complexity index is 1260. The van der Waals surface area contributed by atoms with E-state index < -0.39 is 17.7 Å². The molecule has 0 bridgehead atoms. The first-order valence-electron chi connectivity index (χ1n) is 11.7. The van der Waals surface area contributed by atoms with Crippen molar-refractivity contribution in [3.63, 3.8) is 0 Å². The molecule has 0 aliphatic heterocycles. The van der Waals surface area contributed by atoms with E-state index in [1.54, 1.807) is 10.8 Å². The van der Waals surface area contributed by atoms with E-state index in [0.29, 0.717) is 24.6 Å². The molecule has 0 saturated heterocycles. The third kappa shape index (κ3) is 6.84. The largest absolute Gasteiger partial charge is 0.387 e. The Hall–Kier alpha value is -3.88. The van der Waals surface area contributed by atoms with Gasteiger partial charge in [-0.15, -0.1) is 0 Å². The molecule has 8 heteroatoms. The first-order chi connectivity index (χ1) is 17.5. The van der Waals surface area contributed by atoms with Crippen molar-refractivity contribution < 1.29 is 18.7 Å². The van der Waals surface area contributed by atoms with E-state index in [1.165, 1.54) is 24.4 Å². The van der Waals surface area contributed by atoms with E-state index in [2.05, 4.69) is 15.6 Å². The number of aromatic nitrogens is 2. The second kappa shape index (κ2) is 12.2. The number of anilines is 1. The minimum Gasteiger partial charge on any atom is -0.387 e. The molecule has 0 saturated carbocycles. The van der Waals surface area contributed by atoms with Gasteiger partial charge in [-0.2, -0.15) is 0 Å². The highest BCUT2D eigenvalue weighted by Gasteiger charge is 2.14. The highest BCUT2D eigenvalue weighted by Crippen LogP contribution is 2.16. The summed E-state index contributed by atoms with van der Waals surface area (Å²) in [6.07, 6.45) is 3.29. The number of carbonyl (C=O) groups excluding carboxylic acids is 1. The Morgan fingerprint density at radius 2 is 1.69 bits per heavy atom. The zero-order valence-electron chi connectivity index (χ0n) is 19.7. The van der Waals surface area contributed by atoms with E-state index >= 15 is 0 Å². The normalized spacial score (nSPS) is 11.9. The third-order valence-corrected chi connectivity index (χ3v) is 5.86. The molecule has 1 atom stereocenters. The van der Waals surface area contributed by atoms with Crippen molar-refractivity contribution in [2.75, 3.05) is 18.4 Å². The molecule has 3 aromatic carbocycles. The Labute approximate surface area is 208 Å². The lowest BCUT2D eigenvalue weighted by Gasteiger charge is -2.12. The lowest BCUT2D eigenvalue weighted by molar-refractivity contribution is -0.115. The van der Waals surface area contributed by atoms with Crippen molar-refractivity contribution in [3.05, 3.63) is 119 Å². The van der Waals surface area contributed by atoms with Gasteiger partial charge in [0.2, 0.25) is 5.91 Å². The molecule has 4 aromatic rings. The Morgan fingerprint density at radius 1 is 0.972 bits per heavy atom. The van der Waals surface area contributed by atoms with Crippen LogP contribution in [0.2, 0.25) is 0 Å². The van der Waals surface area contributed by atoms with Crippen molar-refractivity contribution >= 4 is 11.6 Å². The first kappa shape index (κ1) is 25.2. The lowest BCUT2D eigenvalue weighted by Crippen LogP contribution is -2.23. The molecule has 4 rings (SSSR count). The van der Waals surface area contributed by atoms with Crippen LogP contribution in [-0.4, -0.2) is 33.7 Å². The summed E-state index contributed by atoms with van der Waals surface area (Å²) in [6, 6.07) is 20.8. The van der Waals surface area contributed by atoms with Gasteiger partial charge >= 0.3 is 0 Å². The number of amides is 1. The number of hydrogen-bond donors (Lipinski definition) is 3. The molecule has 0 fully saturated rings. The number of nitrogens with one attached hydrogen (secondary N) is 2. The summed E-state index contributed by atoms with van der Waals surface area (Å²) in [5, 5.41) is 16.3. The van der Waals surface area contributed by atoms with E-state index in [4.69, 9.17) is 0 Å². The van der Waals surface area contributed by atoms with Gasteiger partial charge in [0.05, 0.1) is 19.1 Å². The number of aliphatic hydroxyl groups is 1. The fraction of sp³-hybridized carbons (Fsp3) is 0.214. The number of halogens is 2. The lowest BCUT2D eigenvalue weighted by atomic mass is 10.1. The van der Waals surface area contributed by atoms with Gasteiger partial charge in [0.25, 0.3) is 0 Å². The number of rotatable bonds is 11. The van der Waals surface area contributed by atoms with Gasteiger partial charge in [0, 0.05) is 30.2 Å². The van der Waals surface area contributed by atoms with Gasteiger partial charge in [-0.1, -0.05) is 48.5 Å². The second-order valence-corrected chi connectivity index (χ2v) is 8.47. The molecular weight excluding hydrogens is 462 g/mol. The van der Waals surface area contributed by atoms with Crippen LogP contribution in [0.25, 0.3) is 0 Å². The quantitative estimate of drug-likeness (QED) is 0.275. The topological polar surface area (TPSA) is 79.2 Å². The zero-order chi connectivity index (χ0) is 25.3. The molecule has 36 heavy (non-hydrogen) atoms. The second-order valence-electron chi connectivity index (χ2n) is 8.47. The summed E-state index contributed by atoms with van der Waals surface area (Å²) in [6.45, 7) is 1.13. The zero-order valence-corrected chi connectivity index (χ0v) is 19.7. The van der Waals surface area contributed by atoms with E-state index in [1.807, 2.05) is 54.6 Å². The summed E-state index contributed by atoms with van der Waals surface area (Å²) >= 11 is 0. The van der Waals surface area contributed by atoms with E-state index in [-0.39, 0.29) is 24.4 Å². The Morgan fingerprint density at radius 3 is 2.42 bits per heavy atom. The Balaban J connectivity index is 1.24. The highest BCUT2D eigenvalue weighted by atomic mass is 19.1. The van der Waals surface area contributed by atoms with Gasteiger partial charge in [-0.05, 0) is 48.4 Å². The summed E-state index contributed by atoms with van der Waals surface area (Å²) in [4.78, 5) is 16.7. The summed E-state index contributed by atoms with van der Waals surface area (Å²) in [5.74, 6) is -1.14. The molecule has 1 aromatic heterocycles. The van der Waals surface area contributed by atoms with Gasteiger partial charge in [-0.25, -0.2) is 13.8 Å². The van der Waals surface area contributed by atoms with Crippen molar-refractivity contribution in [3.8, 4) is 0 Å². The molecule has 0 aliphatic rings. The van der Waals surface area contributed by atoms with Crippen molar-refractivity contribution in [2.45, 2.75) is 25.5 Å². The van der Waals surface area contributed by atoms with Gasteiger partial charge in [-0.3, -0.25) is 4.79 Å². The predicted molar refractivity (Wildman–Crippen MR) is 134 cm³/mol. The van der Waals surface area contributed by atoms with Crippen LogP contribution < -0.4 is 10.6 Å². The van der Waals surface area contributed by atoms with Crippen LogP contribution in [0.4, 0.5) is 14.5 Å². The minimum atomic E-state index is -0.637. The van der Waals surface area contributed by atoms with Gasteiger partial charge < -0.3 is 20.3 Å². The SMILES string of the molecule is O=C(Cc1nccn1Cc1c(F)cccc1F)Nc1ccc(CCNC[C@H](O)c2ccccc2)cc1. The maximum atomic E-state index is 14.0. The van der Waals surface area contributed by atoms with Crippen molar-refractivity contribution in [2.24, 2.45) is 0 Å². The molecular formula is C28H28F2N4O2. The fourth-order valence-corrected chi connectivity index (χ4v) is 3.87. The average molecular weight is 491 g/mol. The number of imidazole rings is 1. The van der Waals surface area contributed by atoms with Crippen molar-refractivity contribution in [1.29, 1.82) is 0 Å². The molecule has 0 radical (unpaired) electrons. The summed E-state index contributed by atoms with van der Waals surface area (Å²) in [5.41, 5.74) is 2.55. The average Bonchev–Trinajstić information content (AvgIpc) is 3.31. The van der Waals surface area contributed by atoms with Gasteiger partial charge in [0.1, 0.15) is 17.5 Å². The fourth-order valence-electron chi connectivity index (χ4n) is 3.87. The van der Waals surface area contributed by atoms with Crippen LogP contribution in [-0.2, 0) is 24.2 Å². The standard InChI is InChI=1S/C28H28F2N4O2/c29-24-7-4-8-25(30)23(24)19-34-16-15-32-27(34)17-28(36)33-22-11-9-20(10-12-22)13-14-31-18-26(35)21-5-2-1-3-6-21/h1-12,15-16,26,31,35H,13-14,17-19H2,(H,33,36)/t26-/m0/s1. The third-order valence-electron chi connectivity index (χ3n) is 5.86.